The monoisotopic (exact) mass is 281 g/mol. The van der Waals surface area contributed by atoms with Gasteiger partial charge in [-0.05, 0) is 27.0 Å². The average molecular weight is 281 g/mol. The van der Waals surface area contributed by atoms with Gasteiger partial charge in [-0.15, -0.1) is 11.3 Å². The van der Waals surface area contributed by atoms with E-state index in [9.17, 15) is 0 Å². The van der Waals surface area contributed by atoms with Crippen LogP contribution < -0.4 is 0 Å². The lowest BCUT2D eigenvalue weighted by atomic mass is 10.6. The summed E-state index contributed by atoms with van der Waals surface area (Å²) in [5, 5.41) is 3.78. The Morgan fingerprint density at radius 3 is 3.10 bits per heavy atom. The third-order valence-corrected chi connectivity index (χ3v) is 2.49. The van der Waals surface area contributed by atoms with Crippen molar-refractivity contribution in [1.29, 1.82) is 0 Å². The summed E-state index contributed by atoms with van der Waals surface area (Å²) in [5.41, 5.74) is 0. The first-order chi connectivity index (χ1) is 4.83. The largest absolute Gasteiger partial charge is 0.236 e. The van der Waals surface area contributed by atoms with Crippen LogP contribution in [0.2, 0.25) is 0 Å². The van der Waals surface area contributed by atoms with Crippen LogP contribution >= 0.6 is 41.5 Å². The molecule has 0 fully saturated rings. The molecule has 1 heterocycles. The molecule has 0 bridgehead atoms. The van der Waals surface area contributed by atoms with E-state index in [0.29, 0.717) is 0 Å². The van der Waals surface area contributed by atoms with Gasteiger partial charge >= 0.3 is 0 Å². The molecule has 0 saturated heterocycles. The molecule has 0 atom stereocenters. The fourth-order valence-electron chi connectivity index (χ4n) is 0.475. The van der Waals surface area contributed by atoms with Crippen molar-refractivity contribution in [2.75, 3.05) is 0 Å². The lowest BCUT2D eigenvalue weighted by Crippen LogP contribution is -1.63. The maximum absolute atomic E-state index is 4.08. The number of halogens is 1. The van der Waals surface area contributed by atoms with Gasteiger partial charge in [-0.2, -0.15) is 0 Å². The maximum Gasteiger partial charge on any atom is 0.167 e. The van der Waals surface area contributed by atoms with E-state index in [1.54, 1.807) is 11.3 Å². The Morgan fingerprint density at radius 2 is 2.60 bits per heavy atom. The molecular formula is C6H4INS2. The van der Waals surface area contributed by atoms with E-state index in [2.05, 4.69) is 37.4 Å². The van der Waals surface area contributed by atoms with Crippen molar-refractivity contribution in [3.63, 3.8) is 0 Å². The van der Waals surface area contributed by atoms with Crippen LogP contribution in [0.1, 0.15) is 9.88 Å². The fourth-order valence-corrected chi connectivity index (χ4v) is 1.62. The minimum absolute atomic E-state index is 0.904. The summed E-state index contributed by atoms with van der Waals surface area (Å²) in [4.78, 5) is 5.29. The van der Waals surface area contributed by atoms with Crippen molar-refractivity contribution in [2.24, 2.45) is 0 Å². The van der Waals surface area contributed by atoms with Gasteiger partial charge in [0.25, 0.3) is 0 Å². The second kappa shape index (κ2) is 4.21. The minimum atomic E-state index is 0.904. The first-order valence-corrected chi connectivity index (χ1v) is 6.71. The second-order valence-corrected chi connectivity index (χ2v) is 4.49. The minimum Gasteiger partial charge on any atom is -0.236 e. The third kappa shape index (κ3) is 2.48. The molecule has 1 aromatic heterocycles. The number of nitrogens with zero attached hydrogens (tertiary/aromatic N) is 1. The zero-order chi connectivity index (χ0) is 7.40. The van der Waals surface area contributed by atoms with E-state index in [1.807, 2.05) is 13.1 Å². The van der Waals surface area contributed by atoms with E-state index in [-0.39, 0.29) is 0 Å². The molecule has 4 heteroatoms. The molecule has 0 aliphatic heterocycles. The number of hydrogen-bond acceptors (Lipinski definition) is 3. The number of hydrogen-bond donors (Lipinski definition) is 0. The van der Waals surface area contributed by atoms with Crippen molar-refractivity contribution in [3.8, 4) is 11.2 Å². The molecular weight excluding hydrogens is 277 g/mol. The van der Waals surface area contributed by atoms with Crippen LogP contribution in [0.5, 0.6) is 0 Å². The van der Waals surface area contributed by atoms with Crippen molar-refractivity contribution >= 4 is 41.5 Å². The number of aromatic nitrogens is 1. The molecule has 1 aromatic rings. The number of rotatable bonds is 0. The zero-order valence-electron chi connectivity index (χ0n) is 5.22. The molecule has 0 aromatic carbocycles. The second-order valence-electron chi connectivity index (χ2n) is 1.58. The first kappa shape index (κ1) is 8.37. The standard InChI is InChI=1S/C6H4INS2/c1-5-4-8-6(10-5)2-3-9-7/h4H,1H3. The van der Waals surface area contributed by atoms with Gasteiger partial charge in [0.15, 0.2) is 5.01 Å². The Bertz CT molecular complexity index is 271. The Kier molecular flexibility index (Phi) is 3.52. The maximum atomic E-state index is 4.08. The van der Waals surface area contributed by atoms with E-state index < -0.39 is 0 Å². The van der Waals surface area contributed by atoms with Gasteiger partial charge in [0.2, 0.25) is 0 Å². The quantitative estimate of drug-likeness (QED) is 0.536. The molecule has 52 valence electrons. The number of aryl methyl sites for hydroxylation is 1. The Hall–Kier alpha value is 0.270. The van der Waals surface area contributed by atoms with Gasteiger partial charge in [-0.25, -0.2) is 4.98 Å². The van der Waals surface area contributed by atoms with Crippen LogP contribution in [0, 0.1) is 18.1 Å². The van der Waals surface area contributed by atoms with Crippen LogP contribution in [0.3, 0.4) is 0 Å². The summed E-state index contributed by atoms with van der Waals surface area (Å²) in [7, 11) is 1.48. The molecule has 0 N–H and O–H groups in total. The first-order valence-electron chi connectivity index (χ1n) is 2.54. The van der Waals surface area contributed by atoms with E-state index in [0.717, 1.165) is 5.01 Å². The van der Waals surface area contributed by atoms with E-state index in [1.165, 1.54) is 13.8 Å². The summed E-state index contributed by atoms with van der Waals surface area (Å²) in [5.74, 6) is 2.93. The zero-order valence-corrected chi connectivity index (χ0v) is 9.01. The molecule has 0 amide bonds. The van der Waals surface area contributed by atoms with Gasteiger partial charge in [-0.3, -0.25) is 0 Å². The van der Waals surface area contributed by atoms with E-state index >= 15 is 0 Å². The predicted octanol–water partition coefficient (Wildman–Crippen LogP) is 2.84. The SMILES string of the molecule is Cc1cnc(C#CSI)s1. The molecule has 0 aliphatic carbocycles. The van der Waals surface area contributed by atoms with Crippen molar-refractivity contribution < 1.29 is 0 Å². The molecule has 0 spiro atoms. The van der Waals surface area contributed by atoms with Crippen LogP contribution in [-0.4, -0.2) is 4.98 Å². The molecule has 1 nitrogen and oxygen atoms in total. The highest BCUT2D eigenvalue weighted by Gasteiger charge is 1.90. The molecule has 10 heavy (non-hydrogen) atoms. The Morgan fingerprint density at radius 1 is 1.80 bits per heavy atom. The fraction of sp³-hybridized carbons (Fsp3) is 0.167. The molecule has 0 aliphatic rings. The van der Waals surface area contributed by atoms with Gasteiger partial charge < -0.3 is 0 Å². The molecule has 0 unspecified atom stereocenters. The van der Waals surface area contributed by atoms with Gasteiger partial charge in [0.05, 0.1) is 0 Å². The van der Waals surface area contributed by atoms with Crippen LogP contribution in [-0.2, 0) is 0 Å². The smallest absolute Gasteiger partial charge is 0.167 e. The highest BCUT2D eigenvalue weighted by molar-refractivity contribution is 14.2. The summed E-state index contributed by atoms with van der Waals surface area (Å²) >= 11 is 3.77. The lowest BCUT2D eigenvalue weighted by molar-refractivity contribution is 1.36. The highest BCUT2D eigenvalue weighted by atomic mass is 127. The summed E-state index contributed by atoms with van der Waals surface area (Å²) < 4.78 is 0. The summed E-state index contributed by atoms with van der Waals surface area (Å²) in [6.45, 7) is 2.03. The average Bonchev–Trinajstić information content (AvgIpc) is 2.31. The van der Waals surface area contributed by atoms with Gasteiger partial charge in [0.1, 0.15) is 0 Å². The normalized spacial score (nSPS) is 8.60. The Labute approximate surface area is 80.2 Å². The van der Waals surface area contributed by atoms with Crippen LogP contribution in [0.15, 0.2) is 6.20 Å². The van der Waals surface area contributed by atoms with Gasteiger partial charge in [0, 0.05) is 32.3 Å². The van der Waals surface area contributed by atoms with E-state index in [4.69, 9.17) is 0 Å². The third-order valence-electron chi connectivity index (χ3n) is 0.818. The molecule has 0 saturated carbocycles. The van der Waals surface area contributed by atoms with Crippen molar-refractivity contribution in [1.82, 2.24) is 4.98 Å². The summed E-state index contributed by atoms with van der Waals surface area (Å²) in [6.07, 6.45) is 1.84. The lowest BCUT2D eigenvalue weighted by Gasteiger charge is -1.71. The predicted molar refractivity (Wildman–Crippen MR) is 55.3 cm³/mol. The van der Waals surface area contributed by atoms with Crippen molar-refractivity contribution in [3.05, 3.63) is 16.1 Å². The van der Waals surface area contributed by atoms with Crippen LogP contribution in [0.4, 0.5) is 0 Å². The summed E-state index contributed by atoms with van der Waals surface area (Å²) in [6, 6.07) is 0. The number of thiazole rings is 1. The highest BCUT2D eigenvalue weighted by Crippen LogP contribution is 2.11. The van der Waals surface area contributed by atoms with Crippen molar-refractivity contribution in [2.45, 2.75) is 6.92 Å². The molecule has 1 rings (SSSR count). The Balaban J connectivity index is 2.76. The topological polar surface area (TPSA) is 12.9 Å². The van der Waals surface area contributed by atoms with Gasteiger partial charge in [-0.1, -0.05) is 0 Å². The van der Waals surface area contributed by atoms with Crippen LogP contribution in [0.25, 0.3) is 0 Å². The molecule has 0 radical (unpaired) electrons.